The lowest BCUT2D eigenvalue weighted by Gasteiger charge is -2.30. The third kappa shape index (κ3) is 5.67. The van der Waals surface area contributed by atoms with Crippen LogP contribution in [0.2, 0.25) is 0 Å². The van der Waals surface area contributed by atoms with Crippen LogP contribution in [0, 0.1) is 5.92 Å². The van der Waals surface area contributed by atoms with E-state index in [2.05, 4.69) is 5.32 Å². The van der Waals surface area contributed by atoms with Crippen molar-refractivity contribution in [1.82, 2.24) is 10.2 Å². The molecule has 3 rings (SSSR count). The maximum atomic E-state index is 12.5. The minimum absolute atomic E-state index is 0. The summed E-state index contributed by atoms with van der Waals surface area (Å²) in [6.45, 7) is 2.11. The van der Waals surface area contributed by atoms with E-state index >= 15 is 0 Å². The monoisotopic (exact) mass is 395 g/mol. The van der Waals surface area contributed by atoms with Crippen molar-refractivity contribution >= 4 is 24.2 Å². The maximum Gasteiger partial charge on any atom is 0.253 e. The number of hydrogen-bond donors (Lipinski definition) is 3. The van der Waals surface area contributed by atoms with Crippen LogP contribution in [0.25, 0.3) is 0 Å². The Morgan fingerprint density at radius 3 is 2.41 bits per heavy atom. The van der Waals surface area contributed by atoms with Gasteiger partial charge < -0.3 is 21.1 Å². The number of hydrogen-bond acceptors (Lipinski definition) is 4. The van der Waals surface area contributed by atoms with Crippen molar-refractivity contribution in [3.8, 4) is 0 Å². The molecule has 4 N–H and O–H groups in total. The third-order valence-corrected chi connectivity index (χ3v) is 5.55. The molecule has 1 aliphatic heterocycles. The van der Waals surface area contributed by atoms with Gasteiger partial charge in [0.15, 0.2) is 0 Å². The van der Waals surface area contributed by atoms with Crippen LogP contribution in [0.3, 0.4) is 0 Å². The van der Waals surface area contributed by atoms with E-state index in [4.69, 9.17) is 5.73 Å². The standard InChI is InChI=1S/C20H29N3O3.ClH/c21-17-9-8-16(12-18(17)24)19(25)22-13-14-4-6-15(7-5-14)20(26)23-10-2-1-3-11-23;/h4-7,16-18,24H,1-3,8-13,21H2,(H,22,25);1H/t16-,17-,18-;/m0./s1. The molecule has 150 valence electrons. The molecule has 1 heterocycles. The van der Waals surface area contributed by atoms with E-state index in [0.717, 1.165) is 31.5 Å². The fraction of sp³-hybridized carbons (Fsp3) is 0.600. The van der Waals surface area contributed by atoms with Crippen LogP contribution in [0.15, 0.2) is 24.3 Å². The maximum absolute atomic E-state index is 12.5. The molecular formula is C20H30ClN3O3. The smallest absolute Gasteiger partial charge is 0.253 e. The Balaban J connectivity index is 0.00000261. The lowest BCUT2D eigenvalue weighted by molar-refractivity contribution is -0.127. The molecule has 2 fully saturated rings. The Bertz CT molecular complexity index is 632. The van der Waals surface area contributed by atoms with Crippen molar-refractivity contribution in [2.24, 2.45) is 11.7 Å². The molecular weight excluding hydrogens is 366 g/mol. The molecule has 6 nitrogen and oxygen atoms in total. The summed E-state index contributed by atoms with van der Waals surface area (Å²) in [4.78, 5) is 26.7. The highest BCUT2D eigenvalue weighted by molar-refractivity contribution is 5.94. The summed E-state index contributed by atoms with van der Waals surface area (Å²) in [5, 5.41) is 12.8. The second-order valence-electron chi connectivity index (χ2n) is 7.51. The summed E-state index contributed by atoms with van der Waals surface area (Å²) in [5.41, 5.74) is 7.45. The second kappa shape index (κ2) is 10.1. The number of nitrogens with two attached hydrogens (primary N) is 1. The van der Waals surface area contributed by atoms with Gasteiger partial charge in [-0.25, -0.2) is 0 Å². The molecule has 1 aromatic rings. The number of aliphatic hydroxyl groups is 1. The minimum atomic E-state index is -0.598. The summed E-state index contributed by atoms with van der Waals surface area (Å²) < 4.78 is 0. The van der Waals surface area contributed by atoms with Crippen molar-refractivity contribution in [2.75, 3.05) is 13.1 Å². The number of nitrogens with zero attached hydrogens (tertiary/aromatic N) is 1. The number of carbonyl (C=O) groups is 2. The molecule has 2 aliphatic rings. The molecule has 1 saturated carbocycles. The second-order valence-corrected chi connectivity index (χ2v) is 7.51. The van der Waals surface area contributed by atoms with E-state index in [1.165, 1.54) is 6.42 Å². The molecule has 0 bridgehead atoms. The lowest BCUT2D eigenvalue weighted by atomic mass is 9.84. The van der Waals surface area contributed by atoms with Gasteiger partial charge in [-0.3, -0.25) is 9.59 Å². The quantitative estimate of drug-likeness (QED) is 0.724. The fourth-order valence-corrected chi connectivity index (χ4v) is 3.79. The molecule has 3 atom stereocenters. The zero-order valence-electron chi connectivity index (χ0n) is 15.6. The molecule has 0 radical (unpaired) electrons. The molecule has 1 aromatic carbocycles. The first-order valence-electron chi connectivity index (χ1n) is 9.64. The van der Waals surface area contributed by atoms with Crippen LogP contribution in [-0.2, 0) is 11.3 Å². The molecule has 1 saturated heterocycles. The van der Waals surface area contributed by atoms with Gasteiger partial charge in [-0.1, -0.05) is 12.1 Å². The average Bonchev–Trinajstić information content (AvgIpc) is 2.68. The van der Waals surface area contributed by atoms with Crippen LogP contribution >= 0.6 is 12.4 Å². The summed E-state index contributed by atoms with van der Waals surface area (Å²) in [5.74, 6) is -0.123. The predicted octanol–water partition coefficient (Wildman–Crippen LogP) is 1.84. The number of halogens is 1. The first-order valence-corrected chi connectivity index (χ1v) is 9.64. The Kier molecular flexibility index (Phi) is 8.07. The molecule has 1 aliphatic carbocycles. The van der Waals surface area contributed by atoms with Gasteiger partial charge in [0.25, 0.3) is 5.91 Å². The van der Waals surface area contributed by atoms with E-state index in [0.29, 0.717) is 31.4 Å². The molecule has 27 heavy (non-hydrogen) atoms. The first kappa shape index (κ1) is 21.7. The van der Waals surface area contributed by atoms with E-state index in [1.807, 2.05) is 29.2 Å². The van der Waals surface area contributed by atoms with E-state index in [1.54, 1.807) is 0 Å². The van der Waals surface area contributed by atoms with Gasteiger partial charge in [0.05, 0.1) is 6.10 Å². The van der Waals surface area contributed by atoms with Crippen molar-refractivity contribution in [3.05, 3.63) is 35.4 Å². The molecule has 0 unspecified atom stereocenters. The number of benzene rings is 1. The molecule has 0 aromatic heterocycles. The van der Waals surface area contributed by atoms with Gasteiger partial charge in [-0.15, -0.1) is 12.4 Å². The number of likely N-dealkylation sites (tertiary alicyclic amines) is 1. The van der Waals surface area contributed by atoms with Crippen LogP contribution < -0.4 is 11.1 Å². The topological polar surface area (TPSA) is 95.7 Å². The zero-order valence-corrected chi connectivity index (χ0v) is 16.4. The van der Waals surface area contributed by atoms with Gasteiger partial charge in [0.1, 0.15) is 0 Å². The molecule has 7 heteroatoms. The highest BCUT2D eigenvalue weighted by Gasteiger charge is 2.30. The van der Waals surface area contributed by atoms with Crippen molar-refractivity contribution < 1.29 is 14.7 Å². The SMILES string of the molecule is Cl.N[C@H]1CC[C@H](C(=O)NCc2ccc(C(=O)N3CCCCC3)cc2)C[C@@H]1O. The number of rotatable bonds is 4. The van der Waals surface area contributed by atoms with Crippen molar-refractivity contribution in [2.45, 2.75) is 57.2 Å². The first-order chi connectivity index (χ1) is 12.5. The highest BCUT2D eigenvalue weighted by Crippen LogP contribution is 2.24. The van der Waals surface area contributed by atoms with Crippen molar-refractivity contribution in [1.29, 1.82) is 0 Å². The Hall–Kier alpha value is -1.63. The Morgan fingerprint density at radius 1 is 1.11 bits per heavy atom. The highest BCUT2D eigenvalue weighted by atomic mass is 35.5. The number of aliphatic hydroxyl groups excluding tert-OH is 1. The normalized spacial score (nSPS) is 25.4. The van der Waals surface area contributed by atoms with Gasteiger partial charge in [-0.05, 0) is 56.2 Å². The third-order valence-electron chi connectivity index (χ3n) is 5.55. The summed E-state index contributed by atoms with van der Waals surface area (Å²) in [6, 6.07) is 7.24. The van der Waals surface area contributed by atoms with Crippen LogP contribution in [0.4, 0.5) is 0 Å². The van der Waals surface area contributed by atoms with Crippen LogP contribution in [0.5, 0.6) is 0 Å². The Labute approximate surface area is 166 Å². The van der Waals surface area contributed by atoms with Crippen LogP contribution in [0.1, 0.15) is 54.4 Å². The largest absolute Gasteiger partial charge is 0.391 e. The number of nitrogens with one attached hydrogen (secondary N) is 1. The van der Waals surface area contributed by atoms with Gasteiger partial charge in [0, 0.05) is 37.2 Å². The van der Waals surface area contributed by atoms with E-state index in [9.17, 15) is 14.7 Å². The molecule has 0 spiro atoms. The fourth-order valence-electron chi connectivity index (χ4n) is 3.79. The summed E-state index contributed by atoms with van der Waals surface area (Å²) in [6.07, 6.45) is 4.58. The zero-order chi connectivity index (χ0) is 18.5. The number of piperidine rings is 1. The number of carbonyl (C=O) groups excluding carboxylic acids is 2. The van der Waals surface area contributed by atoms with Crippen LogP contribution in [-0.4, -0.2) is 47.1 Å². The lowest BCUT2D eigenvalue weighted by Crippen LogP contribution is -2.44. The number of amides is 2. The van der Waals surface area contributed by atoms with Gasteiger partial charge in [-0.2, -0.15) is 0 Å². The average molecular weight is 396 g/mol. The molecule has 2 amide bonds. The van der Waals surface area contributed by atoms with Gasteiger partial charge >= 0.3 is 0 Å². The predicted molar refractivity (Wildman–Crippen MR) is 107 cm³/mol. The Morgan fingerprint density at radius 2 is 1.78 bits per heavy atom. The summed E-state index contributed by atoms with van der Waals surface area (Å²) in [7, 11) is 0. The van der Waals surface area contributed by atoms with E-state index in [-0.39, 0.29) is 36.2 Å². The van der Waals surface area contributed by atoms with Crippen molar-refractivity contribution in [3.63, 3.8) is 0 Å². The van der Waals surface area contributed by atoms with Gasteiger partial charge in [0.2, 0.25) is 5.91 Å². The summed E-state index contributed by atoms with van der Waals surface area (Å²) >= 11 is 0. The minimum Gasteiger partial charge on any atom is -0.391 e. The van der Waals surface area contributed by atoms with E-state index < -0.39 is 6.10 Å².